The summed E-state index contributed by atoms with van der Waals surface area (Å²) >= 11 is 0. The van der Waals surface area contributed by atoms with E-state index in [0.29, 0.717) is 18.2 Å². The van der Waals surface area contributed by atoms with Gasteiger partial charge in [-0.15, -0.1) is 0 Å². The molecule has 0 amide bonds. The number of hydrogen-bond acceptors (Lipinski definition) is 7. The lowest BCUT2D eigenvalue weighted by atomic mass is 9.99. The minimum absolute atomic E-state index is 0.124. The number of aliphatic hydroxyl groups is 1. The molecule has 1 fully saturated rings. The number of H-pyrrole nitrogens is 1. The fraction of sp³-hybridized carbons (Fsp3) is 0.476. The summed E-state index contributed by atoms with van der Waals surface area (Å²) < 4.78 is 0. The van der Waals surface area contributed by atoms with Crippen molar-refractivity contribution >= 4 is 17.2 Å². The Morgan fingerprint density at radius 2 is 2.28 bits per heavy atom. The Bertz CT molecular complexity index is 872. The van der Waals surface area contributed by atoms with Gasteiger partial charge in [-0.1, -0.05) is 13.0 Å². The minimum atomic E-state index is -0.124. The normalized spacial score (nSPS) is 17.4. The van der Waals surface area contributed by atoms with Crippen LogP contribution in [0.5, 0.6) is 0 Å². The van der Waals surface area contributed by atoms with Crippen molar-refractivity contribution in [2.45, 2.75) is 51.6 Å². The topological polar surface area (TPSA) is 120 Å². The maximum absolute atomic E-state index is 11.2. The van der Waals surface area contributed by atoms with Gasteiger partial charge in [0.15, 0.2) is 5.82 Å². The molecule has 0 bridgehead atoms. The Morgan fingerprint density at radius 1 is 1.41 bits per heavy atom. The van der Waals surface area contributed by atoms with Crippen molar-refractivity contribution in [3.8, 4) is 0 Å². The van der Waals surface area contributed by atoms with Gasteiger partial charge in [-0.3, -0.25) is 4.79 Å². The van der Waals surface area contributed by atoms with Gasteiger partial charge in [-0.25, -0.2) is 9.97 Å². The molecule has 0 saturated carbocycles. The molecule has 8 nitrogen and oxygen atoms in total. The summed E-state index contributed by atoms with van der Waals surface area (Å²) in [6.07, 6.45) is 8.04. The number of aliphatic hydroxyl groups excluding tert-OH is 1. The van der Waals surface area contributed by atoms with E-state index in [9.17, 15) is 9.90 Å². The maximum atomic E-state index is 11.2. The molecule has 2 aromatic heterocycles. The number of allylic oxidation sites excluding steroid dienone is 1. The zero-order chi connectivity index (χ0) is 20.6. The predicted molar refractivity (Wildman–Crippen MR) is 116 cm³/mol. The van der Waals surface area contributed by atoms with Gasteiger partial charge >= 0.3 is 0 Å². The Morgan fingerprint density at radius 3 is 2.97 bits per heavy atom. The Kier molecular flexibility index (Phi) is 7.24. The summed E-state index contributed by atoms with van der Waals surface area (Å²) in [5.74, 6) is 2.17. The lowest BCUT2D eigenvalue weighted by Gasteiger charge is -2.36. The van der Waals surface area contributed by atoms with E-state index in [1.165, 1.54) is 12.5 Å². The summed E-state index contributed by atoms with van der Waals surface area (Å²) in [4.78, 5) is 25.7. The van der Waals surface area contributed by atoms with Gasteiger partial charge in [0, 0.05) is 55.8 Å². The van der Waals surface area contributed by atoms with Crippen molar-refractivity contribution in [2.24, 2.45) is 5.73 Å². The first-order valence-corrected chi connectivity index (χ1v) is 10.2. The number of nitrogens with zero attached hydrogens (tertiary/aromatic N) is 3. The molecule has 0 aromatic carbocycles. The second-order valence-electron chi connectivity index (χ2n) is 7.25. The molecule has 0 unspecified atom stereocenters. The lowest BCUT2D eigenvalue weighted by molar-refractivity contribution is 0.262. The summed E-state index contributed by atoms with van der Waals surface area (Å²) in [6.45, 7) is 3.63. The highest BCUT2D eigenvalue weighted by Gasteiger charge is 2.24. The van der Waals surface area contributed by atoms with Gasteiger partial charge in [-0.05, 0) is 37.7 Å². The van der Waals surface area contributed by atoms with Crippen LogP contribution in [0.25, 0.3) is 5.57 Å². The van der Waals surface area contributed by atoms with Crippen LogP contribution in [-0.2, 0) is 6.54 Å². The van der Waals surface area contributed by atoms with E-state index in [0.717, 1.165) is 49.2 Å². The van der Waals surface area contributed by atoms with Crippen LogP contribution in [-0.4, -0.2) is 39.3 Å². The molecule has 0 aliphatic carbocycles. The van der Waals surface area contributed by atoms with E-state index in [-0.39, 0.29) is 18.2 Å². The van der Waals surface area contributed by atoms with E-state index < -0.39 is 0 Å². The number of aromatic amines is 1. The largest absolute Gasteiger partial charge is 0.404 e. The van der Waals surface area contributed by atoms with Crippen LogP contribution in [0.2, 0.25) is 0 Å². The zero-order valence-corrected chi connectivity index (χ0v) is 16.9. The summed E-state index contributed by atoms with van der Waals surface area (Å²) in [5, 5.41) is 12.8. The van der Waals surface area contributed by atoms with E-state index in [2.05, 4.69) is 20.2 Å². The number of nitrogens with one attached hydrogen (secondary N) is 2. The molecule has 1 aliphatic rings. The van der Waals surface area contributed by atoms with Crippen molar-refractivity contribution in [3.63, 3.8) is 0 Å². The van der Waals surface area contributed by atoms with Crippen LogP contribution < -0.4 is 21.5 Å². The van der Waals surface area contributed by atoms with Crippen LogP contribution in [0.1, 0.15) is 50.4 Å². The van der Waals surface area contributed by atoms with E-state index in [1.54, 1.807) is 18.5 Å². The van der Waals surface area contributed by atoms with Gasteiger partial charge in [0.1, 0.15) is 11.6 Å². The Hall–Kier alpha value is -2.87. The van der Waals surface area contributed by atoms with Crippen LogP contribution >= 0.6 is 0 Å². The Labute approximate surface area is 170 Å². The van der Waals surface area contributed by atoms with Crippen molar-refractivity contribution in [3.05, 3.63) is 52.3 Å². The molecule has 5 N–H and O–H groups in total. The number of rotatable bonds is 8. The SMILES string of the molecule is CC/C(=C/N)c1nc(NCc2ccc(=O)[nH]c2)cc(N2CCCC[C@H]2CCO)n1. The molecule has 0 spiro atoms. The zero-order valence-electron chi connectivity index (χ0n) is 16.9. The molecular weight excluding hydrogens is 368 g/mol. The smallest absolute Gasteiger partial charge is 0.247 e. The predicted octanol–water partition coefficient (Wildman–Crippen LogP) is 2.23. The second kappa shape index (κ2) is 10.1. The van der Waals surface area contributed by atoms with Gasteiger partial charge in [0.05, 0.1) is 0 Å². The van der Waals surface area contributed by atoms with Gasteiger partial charge in [0.25, 0.3) is 0 Å². The van der Waals surface area contributed by atoms with Gasteiger partial charge in [-0.2, -0.15) is 0 Å². The number of pyridine rings is 1. The van der Waals surface area contributed by atoms with Crippen LogP contribution in [0.4, 0.5) is 11.6 Å². The first-order chi connectivity index (χ1) is 14.1. The molecule has 8 heteroatoms. The summed E-state index contributed by atoms with van der Waals surface area (Å²) in [6, 6.07) is 5.52. The van der Waals surface area contributed by atoms with Crippen molar-refractivity contribution < 1.29 is 5.11 Å². The molecule has 2 aromatic rings. The molecule has 3 rings (SSSR count). The minimum Gasteiger partial charge on any atom is -0.404 e. The van der Waals surface area contributed by atoms with E-state index >= 15 is 0 Å². The molecule has 156 valence electrons. The number of anilines is 2. The quantitative estimate of drug-likeness (QED) is 0.538. The lowest BCUT2D eigenvalue weighted by Crippen LogP contribution is -2.40. The third-order valence-corrected chi connectivity index (χ3v) is 5.29. The number of hydrogen-bond donors (Lipinski definition) is 4. The van der Waals surface area contributed by atoms with Crippen molar-refractivity contribution in [1.82, 2.24) is 15.0 Å². The van der Waals surface area contributed by atoms with Gasteiger partial charge in [0.2, 0.25) is 5.56 Å². The number of piperidine rings is 1. The highest BCUT2D eigenvalue weighted by Crippen LogP contribution is 2.28. The average molecular weight is 399 g/mol. The molecule has 1 saturated heterocycles. The van der Waals surface area contributed by atoms with Crippen LogP contribution in [0, 0.1) is 0 Å². The van der Waals surface area contributed by atoms with Crippen molar-refractivity contribution in [1.29, 1.82) is 0 Å². The fourth-order valence-corrected chi connectivity index (χ4v) is 3.66. The van der Waals surface area contributed by atoms with E-state index in [4.69, 9.17) is 10.7 Å². The third-order valence-electron chi connectivity index (χ3n) is 5.29. The maximum Gasteiger partial charge on any atom is 0.247 e. The molecule has 0 radical (unpaired) electrons. The monoisotopic (exact) mass is 398 g/mol. The Balaban J connectivity index is 1.90. The standard InChI is InChI=1S/C21H30N6O2/c1-2-16(12-22)21-25-18(23-13-15-6-7-20(29)24-14-15)11-19(26-21)27-9-4-3-5-17(27)8-10-28/h6-7,11-12,14,17,28H,2-5,8-10,13,22H2,1H3,(H,24,29)(H,23,25,26)/b16-12-/t17-/m0/s1. The molecule has 1 aliphatic heterocycles. The average Bonchev–Trinajstić information content (AvgIpc) is 2.75. The first kappa shape index (κ1) is 20.9. The first-order valence-electron chi connectivity index (χ1n) is 10.2. The molecule has 1 atom stereocenters. The van der Waals surface area contributed by atoms with Crippen molar-refractivity contribution in [2.75, 3.05) is 23.4 Å². The fourth-order valence-electron chi connectivity index (χ4n) is 3.66. The highest BCUT2D eigenvalue weighted by molar-refractivity contribution is 5.63. The molecular formula is C21H30N6O2. The van der Waals surface area contributed by atoms with Crippen LogP contribution in [0.15, 0.2) is 35.4 Å². The summed E-state index contributed by atoms with van der Waals surface area (Å²) in [7, 11) is 0. The van der Waals surface area contributed by atoms with Gasteiger partial charge < -0.3 is 26.0 Å². The second-order valence-corrected chi connectivity index (χ2v) is 7.25. The van der Waals surface area contributed by atoms with E-state index in [1.807, 2.05) is 13.0 Å². The highest BCUT2D eigenvalue weighted by atomic mass is 16.3. The summed E-state index contributed by atoms with van der Waals surface area (Å²) in [5.41, 5.74) is 7.52. The van der Waals surface area contributed by atoms with Crippen LogP contribution in [0.3, 0.4) is 0 Å². The number of aromatic nitrogens is 3. The number of nitrogens with two attached hydrogens (primary N) is 1. The molecule has 3 heterocycles. The third kappa shape index (κ3) is 5.35. The molecule has 29 heavy (non-hydrogen) atoms.